The van der Waals surface area contributed by atoms with Crippen molar-refractivity contribution in [2.45, 2.75) is 32.6 Å². The summed E-state index contributed by atoms with van der Waals surface area (Å²) < 4.78 is 15.3. The molecule has 0 atom stereocenters. The highest BCUT2D eigenvalue weighted by Gasteiger charge is 2.18. The molecule has 0 saturated carbocycles. The number of nitrogens with one attached hydrogen (secondary N) is 1. The average Bonchev–Trinajstić information content (AvgIpc) is 3.12. The molecule has 170 valence electrons. The number of fused-ring (bicyclic) bond motifs is 1. The zero-order chi connectivity index (χ0) is 22.5. The van der Waals surface area contributed by atoms with Gasteiger partial charge in [0.25, 0.3) is 0 Å². The number of carbonyl (C=O) groups excluding carboxylic acids is 1. The van der Waals surface area contributed by atoms with Crippen molar-refractivity contribution >= 4 is 28.3 Å². The topological polar surface area (TPSA) is 53.4 Å². The molecule has 0 unspecified atom stereocenters. The molecule has 7 heteroatoms. The Morgan fingerprint density at radius 1 is 1.09 bits per heavy atom. The second kappa shape index (κ2) is 10.1. The number of hydrogen-bond donors (Lipinski definition) is 1. The highest BCUT2D eigenvalue weighted by Crippen LogP contribution is 2.21. The number of piperazine rings is 1. The molecule has 1 aliphatic rings. The van der Waals surface area contributed by atoms with Crippen molar-refractivity contribution in [3.63, 3.8) is 0 Å². The van der Waals surface area contributed by atoms with Crippen LogP contribution in [0.2, 0.25) is 0 Å². The van der Waals surface area contributed by atoms with Gasteiger partial charge in [-0.3, -0.25) is 9.69 Å². The molecule has 0 aliphatic carbocycles. The lowest BCUT2D eigenvalue weighted by molar-refractivity contribution is -0.116. The molecule has 1 N–H and O–H groups in total. The molecule has 4 rings (SSSR count). The molecule has 0 spiro atoms. The lowest BCUT2D eigenvalue weighted by Gasteiger charge is -2.36. The summed E-state index contributed by atoms with van der Waals surface area (Å²) in [6.07, 6.45) is 3.34. The number of rotatable bonds is 8. The molecule has 2 aromatic carbocycles. The first-order valence-corrected chi connectivity index (χ1v) is 11.5. The van der Waals surface area contributed by atoms with Gasteiger partial charge in [0.05, 0.1) is 11.0 Å². The quantitative estimate of drug-likeness (QED) is 0.574. The SMILES string of the molecule is CCCCC(=O)Nc1ccc2c(c1)nc(CCN1CCN(c3ccc(F)cc3)CC1)n2C. The van der Waals surface area contributed by atoms with E-state index in [0.717, 1.165) is 80.2 Å². The van der Waals surface area contributed by atoms with Gasteiger partial charge in [0, 0.05) is 64.0 Å². The monoisotopic (exact) mass is 437 g/mol. The zero-order valence-electron chi connectivity index (χ0n) is 19.0. The molecule has 1 aliphatic heterocycles. The molecule has 0 bridgehead atoms. The van der Waals surface area contributed by atoms with E-state index in [0.29, 0.717) is 6.42 Å². The van der Waals surface area contributed by atoms with E-state index in [4.69, 9.17) is 4.98 Å². The maximum absolute atomic E-state index is 13.2. The van der Waals surface area contributed by atoms with Crippen LogP contribution in [0.3, 0.4) is 0 Å². The van der Waals surface area contributed by atoms with Gasteiger partial charge in [-0.05, 0) is 48.9 Å². The summed E-state index contributed by atoms with van der Waals surface area (Å²) in [5.74, 6) is 0.915. The fraction of sp³-hybridized carbons (Fsp3) is 0.440. The number of carbonyl (C=O) groups is 1. The Labute approximate surface area is 189 Å². The first-order valence-electron chi connectivity index (χ1n) is 11.5. The molecule has 6 nitrogen and oxygen atoms in total. The fourth-order valence-electron chi connectivity index (χ4n) is 4.25. The van der Waals surface area contributed by atoms with Gasteiger partial charge >= 0.3 is 0 Å². The van der Waals surface area contributed by atoms with Crippen LogP contribution in [0.4, 0.5) is 15.8 Å². The molecule has 1 amide bonds. The number of hydrogen-bond acceptors (Lipinski definition) is 4. The molecule has 1 aromatic heterocycles. The maximum Gasteiger partial charge on any atom is 0.224 e. The van der Waals surface area contributed by atoms with E-state index in [2.05, 4.69) is 33.7 Å². The van der Waals surface area contributed by atoms with Crippen molar-refractivity contribution in [3.05, 3.63) is 54.1 Å². The van der Waals surface area contributed by atoms with Gasteiger partial charge in [-0.15, -0.1) is 0 Å². The van der Waals surface area contributed by atoms with Gasteiger partial charge in [0.1, 0.15) is 11.6 Å². The third-order valence-corrected chi connectivity index (χ3v) is 6.23. The number of halogens is 1. The zero-order valence-corrected chi connectivity index (χ0v) is 19.0. The summed E-state index contributed by atoms with van der Waals surface area (Å²) in [7, 11) is 2.05. The molecule has 1 saturated heterocycles. The van der Waals surface area contributed by atoms with E-state index in [1.165, 1.54) is 12.1 Å². The van der Waals surface area contributed by atoms with Crippen LogP contribution < -0.4 is 10.2 Å². The smallest absolute Gasteiger partial charge is 0.224 e. The van der Waals surface area contributed by atoms with E-state index >= 15 is 0 Å². The van der Waals surface area contributed by atoms with Crippen LogP contribution in [-0.4, -0.2) is 53.1 Å². The van der Waals surface area contributed by atoms with Gasteiger partial charge < -0.3 is 14.8 Å². The van der Waals surface area contributed by atoms with Crippen LogP contribution in [0.5, 0.6) is 0 Å². The third kappa shape index (κ3) is 5.27. The minimum absolute atomic E-state index is 0.0575. The Balaban J connectivity index is 1.33. The number of anilines is 2. The first-order chi connectivity index (χ1) is 15.5. The van der Waals surface area contributed by atoms with Crippen molar-refractivity contribution in [3.8, 4) is 0 Å². The highest BCUT2D eigenvalue weighted by molar-refractivity contribution is 5.93. The second-order valence-corrected chi connectivity index (χ2v) is 8.50. The van der Waals surface area contributed by atoms with Crippen LogP contribution >= 0.6 is 0 Å². The first kappa shape index (κ1) is 22.3. The number of imidazole rings is 1. The summed E-state index contributed by atoms with van der Waals surface area (Å²) in [4.78, 5) is 21.6. The maximum atomic E-state index is 13.2. The largest absolute Gasteiger partial charge is 0.369 e. The molecule has 2 heterocycles. The van der Waals surface area contributed by atoms with E-state index < -0.39 is 0 Å². The summed E-state index contributed by atoms with van der Waals surface area (Å²) in [6, 6.07) is 12.7. The van der Waals surface area contributed by atoms with Gasteiger partial charge in [0.15, 0.2) is 0 Å². The number of aryl methyl sites for hydroxylation is 1. The fourth-order valence-corrected chi connectivity index (χ4v) is 4.25. The number of aromatic nitrogens is 2. The van der Waals surface area contributed by atoms with Crippen molar-refractivity contribution in [2.75, 3.05) is 42.9 Å². The lowest BCUT2D eigenvalue weighted by atomic mass is 10.2. The Morgan fingerprint density at radius 2 is 1.84 bits per heavy atom. The van der Waals surface area contributed by atoms with Crippen LogP contribution in [0.15, 0.2) is 42.5 Å². The van der Waals surface area contributed by atoms with E-state index in [1.807, 2.05) is 30.3 Å². The minimum Gasteiger partial charge on any atom is -0.369 e. The summed E-state index contributed by atoms with van der Waals surface area (Å²) in [5.41, 5.74) is 3.88. The predicted octanol–water partition coefficient (Wildman–Crippen LogP) is 4.21. The Bertz CT molecular complexity index is 1050. The predicted molar refractivity (Wildman–Crippen MR) is 128 cm³/mol. The normalized spacial score (nSPS) is 14.8. The van der Waals surface area contributed by atoms with Gasteiger partial charge in [-0.2, -0.15) is 0 Å². The molecular weight excluding hydrogens is 405 g/mol. The van der Waals surface area contributed by atoms with Crippen LogP contribution in [0.25, 0.3) is 11.0 Å². The Morgan fingerprint density at radius 3 is 2.56 bits per heavy atom. The highest BCUT2D eigenvalue weighted by atomic mass is 19.1. The van der Waals surface area contributed by atoms with Crippen molar-refractivity contribution in [1.82, 2.24) is 14.5 Å². The number of benzene rings is 2. The second-order valence-electron chi connectivity index (χ2n) is 8.50. The molecule has 32 heavy (non-hydrogen) atoms. The molecule has 1 fully saturated rings. The third-order valence-electron chi connectivity index (χ3n) is 6.23. The lowest BCUT2D eigenvalue weighted by Crippen LogP contribution is -2.47. The van der Waals surface area contributed by atoms with Crippen LogP contribution in [-0.2, 0) is 18.3 Å². The van der Waals surface area contributed by atoms with E-state index in [-0.39, 0.29) is 11.7 Å². The standard InChI is InChI=1S/C25H32FN5O/c1-3-4-5-25(32)27-20-8-11-23-22(18-20)28-24(29(23)2)12-13-30-14-16-31(17-15-30)21-9-6-19(26)7-10-21/h6-11,18H,3-5,12-17H2,1-2H3,(H,27,32). The Kier molecular flexibility index (Phi) is 7.05. The molecule has 3 aromatic rings. The van der Waals surface area contributed by atoms with Crippen molar-refractivity contribution in [2.24, 2.45) is 7.05 Å². The van der Waals surface area contributed by atoms with Gasteiger partial charge in [-0.25, -0.2) is 9.37 Å². The summed E-state index contributed by atoms with van der Waals surface area (Å²) in [5, 5.41) is 2.98. The van der Waals surface area contributed by atoms with Gasteiger partial charge in [0.2, 0.25) is 5.91 Å². The molecule has 0 radical (unpaired) electrons. The Hall–Kier alpha value is -2.93. The van der Waals surface area contributed by atoms with E-state index in [9.17, 15) is 9.18 Å². The number of nitrogens with zero attached hydrogens (tertiary/aromatic N) is 4. The van der Waals surface area contributed by atoms with Crippen LogP contribution in [0.1, 0.15) is 32.0 Å². The summed E-state index contributed by atoms with van der Waals surface area (Å²) in [6.45, 7) is 6.88. The van der Waals surface area contributed by atoms with Gasteiger partial charge in [-0.1, -0.05) is 13.3 Å². The molecular formula is C25H32FN5O. The van der Waals surface area contributed by atoms with Crippen molar-refractivity contribution in [1.29, 1.82) is 0 Å². The van der Waals surface area contributed by atoms with Crippen LogP contribution in [0, 0.1) is 5.82 Å². The number of amides is 1. The average molecular weight is 438 g/mol. The number of unbranched alkanes of at least 4 members (excludes halogenated alkanes) is 1. The minimum atomic E-state index is -0.194. The van der Waals surface area contributed by atoms with E-state index in [1.54, 1.807) is 0 Å². The van der Waals surface area contributed by atoms with Crippen molar-refractivity contribution < 1.29 is 9.18 Å². The summed E-state index contributed by atoms with van der Waals surface area (Å²) >= 11 is 0.